The van der Waals surface area contributed by atoms with Crippen LogP contribution in [-0.4, -0.2) is 23.5 Å². The fraction of sp³-hybridized carbons (Fsp3) is 0.750. The molecular formula is C16H30N2S. The molecule has 0 aliphatic carbocycles. The average Bonchev–Trinajstić information content (AvgIpc) is 2.75. The summed E-state index contributed by atoms with van der Waals surface area (Å²) in [6, 6.07) is 5.25. The summed E-state index contributed by atoms with van der Waals surface area (Å²) in [5, 5.41) is 3.55. The summed E-state index contributed by atoms with van der Waals surface area (Å²) < 4.78 is 0. The van der Waals surface area contributed by atoms with Crippen molar-refractivity contribution in [3.8, 4) is 0 Å². The van der Waals surface area contributed by atoms with E-state index in [0.29, 0.717) is 6.04 Å². The molecular weight excluding hydrogens is 252 g/mol. The Morgan fingerprint density at radius 2 is 1.74 bits per heavy atom. The van der Waals surface area contributed by atoms with Gasteiger partial charge >= 0.3 is 0 Å². The van der Waals surface area contributed by atoms with Crippen LogP contribution in [0.15, 0.2) is 12.1 Å². The Kier molecular flexibility index (Phi) is 6.51. The predicted octanol–water partition coefficient (Wildman–Crippen LogP) is 4.26. The molecule has 0 bridgehead atoms. The zero-order valence-electron chi connectivity index (χ0n) is 13.4. The smallest absolute Gasteiger partial charge is 0.0327 e. The van der Waals surface area contributed by atoms with Crippen LogP contribution in [0.2, 0.25) is 0 Å². The molecule has 1 rings (SSSR count). The zero-order chi connectivity index (χ0) is 14.5. The molecule has 1 aromatic rings. The molecule has 0 saturated carbocycles. The lowest BCUT2D eigenvalue weighted by Crippen LogP contribution is -2.34. The molecule has 0 atom stereocenters. The minimum absolute atomic E-state index is 0.191. The lowest BCUT2D eigenvalue weighted by molar-refractivity contribution is 0.223. The van der Waals surface area contributed by atoms with Crippen molar-refractivity contribution in [1.29, 1.82) is 0 Å². The van der Waals surface area contributed by atoms with E-state index in [2.05, 4.69) is 64.0 Å². The number of nitrogens with zero attached hydrogens (tertiary/aromatic N) is 1. The number of thiophene rings is 1. The monoisotopic (exact) mass is 282 g/mol. The lowest BCUT2D eigenvalue weighted by Gasteiger charge is -2.25. The van der Waals surface area contributed by atoms with Crippen molar-refractivity contribution in [2.75, 3.05) is 7.05 Å². The molecule has 19 heavy (non-hydrogen) atoms. The third-order valence-electron chi connectivity index (χ3n) is 3.48. The predicted molar refractivity (Wildman–Crippen MR) is 86.7 cm³/mol. The van der Waals surface area contributed by atoms with E-state index >= 15 is 0 Å². The van der Waals surface area contributed by atoms with Crippen LogP contribution < -0.4 is 5.32 Å². The Labute approximate surface area is 123 Å². The Hall–Kier alpha value is -0.380. The quantitative estimate of drug-likeness (QED) is 0.804. The fourth-order valence-electron chi connectivity index (χ4n) is 2.24. The van der Waals surface area contributed by atoms with Crippen LogP contribution >= 0.6 is 11.3 Å². The second-order valence-corrected chi connectivity index (χ2v) is 7.61. The van der Waals surface area contributed by atoms with E-state index in [1.54, 1.807) is 0 Å². The fourth-order valence-corrected chi connectivity index (χ4v) is 3.26. The van der Waals surface area contributed by atoms with Gasteiger partial charge in [-0.2, -0.15) is 0 Å². The van der Waals surface area contributed by atoms with Gasteiger partial charge in [-0.25, -0.2) is 0 Å². The first kappa shape index (κ1) is 16.7. The van der Waals surface area contributed by atoms with Crippen LogP contribution in [0.25, 0.3) is 0 Å². The van der Waals surface area contributed by atoms with E-state index in [4.69, 9.17) is 0 Å². The highest BCUT2D eigenvalue weighted by atomic mass is 32.1. The van der Waals surface area contributed by atoms with E-state index in [9.17, 15) is 0 Å². The average molecular weight is 282 g/mol. The first-order chi connectivity index (χ1) is 8.85. The highest BCUT2D eigenvalue weighted by Gasteiger charge is 2.13. The summed E-state index contributed by atoms with van der Waals surface area (Å²) >= 11 is 1.94. The number of hydrogen-bond acceptors (Lipinski definition) is 3. The van der Waals surface area contributed by atoms with E-state index in [1.165, 1.54) is 22.6 Å². The van der Waals surface area contributed by atoms with Gasteiger partial charge < -0.3 is 5.32 Å². The minimum Gasteiger partial charge on any atom is -0.307 e. The van der Waals surface area contributed by atoms with Crippen LogP contribution in [0.1, 0.15) is 57.2 Å². The number of hydrogen-bond donors (Lipinski definition) is 1. The minimum atomic E-state index is 0.191. The maximum atomic E-state index is 3.55. The summed E-state index contributed by atoms with van der Waals surface area (Å²) in [7, 11) is 2.24. The molecule has 0 aromatic carbocycles. The molecule has 0 spiro atoms. The molecule has 0 fully saturated rings. The highest BCUT2D eigenvalue weighted by molar-refractivity contribution is 7.11. The highest BCUT2D eigenvalue weighted by Crippen LogP contribution is 2.20. The SMILES string of the molecule is CCC(CC)N(C)Cc1ccc(CNC(C)(C)C)s1. The first-order valence-electron chi connectivity index (χ1n) is 7.38. The second kappa shape index (κ2) is 7.41. The lowest BCUT2D eigenvalue weighted by atomic mass is 10.1. The van der Waals surface area contributed by atoms with Crippen LogP contribution in [0, 0.1) is 0 Å². The Morgan fingerprint density at radius 1 is 1.16 bits per heavy atom. The summed E-state index contributed by atoms with van der Waals surface area (Å²) in [6.07, 6.45) is 2.47. The van der Waals surface area contributed by atoms with E-state index in [1.807, 2.05) is 11.3 Å². The van der Waals surface area contributed by atoms with Gasteiger partial charge in [0.15, 0.2) is 0 Å². The van der Waals surface area contributed by atoms with Gasteiger partial charge in [-0.3, -0.25) is 4.90 Å². The van der Waals surface area contributed by atoms with Gasteiger partial charge in [0.25, 0.3) is 0 Å². The van der Waals surface area contributed by atoms with Gasteiger partial charge in [-0.1, -0.05) is 13.8 Å². The third-order valence-corrected chi connectivity index (χ3v) is 4.55. The maximum absolute atomic E-state index is 3.55. The molecule has 1 heterocycles. The van der Waals surface area contributed by atoms with Gasteiger partial charge in [0.2, 0.25) is 0 Å². The molecule has 110 valence electrons. The Morgan fingerprint density at radius 3 is 2.26 bits per heavy atom. The zero-order valence-corrected chi connectivity index (χ0v) is 14.2. The molecule has 0 radical (unpaired) electrons. The van der Waals surface area contributed by atoms with E-state index in [0.717, 1.165) is 13.1 Å². The largest absolute Gasteiger partial charge is 0.307 e. The Bertz CT molecular complexity index is 361. The van der Waals surface area contributed by atoms with Crippen molar-refractivity contribution in [3.63, 3.8) is 0 Å². The first-order valence-corrected chi connectivity index (χ1v) is 8.20. The Balaban J connectivity index is 2.50. The van der Waals surface area contributed by atoms with Crippen molar-refractivity contribution in [2.45, 2.75) is 72.1 Å². The molecule has 2 nitrogen and oxygen atoms in total. The molecule has 0 aliphatic rings. The molecule has 1 aromatic heterocycles. The normalized spacial score (nSPS) is 12.6. The summed E-state index contributed by atoms with van der Waals surface area (Å²) in [4.78, 5) is 5.38. The second-order valence-electron chi connectivity index (χ2n) is 6.36. The molecule has 0 aliphatic heterocycles. The third kappa shape index (κ3) is 6.07. The van der Waals surface area contributed by atoms with Crippen LogP contribution in [0.5, 0.6) is 0 Å². The summed E-state index contributed by atoms with van der Waals surface area (Å²) in [5.74, 6) is 0. The van der Waals surface area contributed by atoms with Crippen molar-refractivity contribution in [3.05, 3.63) is 21.9 Å². The van der Waals surface area contributed by atoms with Crippen LogP contribution in [0.3, 0.4) is 0 Å². The molecule has 0 saturated heterocycles. The van der Waals surface area contributed by atoms with E-state index < -0.39 is 0 Å². The van der Waals surface area contributed by atoms with Gasteiger partial charge in [-0.15, -0.1) is 11.3 Å². The molecule has 0 amide bonds. The number of nitrogens with one attached hydrogen (secondary N) is 1. The molecule has 0 unspecified atom stereocenters. The van der Waals surface area contributed by atoms with Crippen LogP contribution in [0.4, 0.5) is 0 Å². The van der Waals surface area contributed by atoms with Gasteiger partial charge in [0, 0.05) is 34.4 Å². The van der Waals surface area contributed by atoms with Crippen molar-refractivity contribution in [2.24, 2.45) is 0 Å². The van der Waals surface area contributed by atoms with Gasteiger partial charge in [-0.05, 0) is 52.8 Å². The van der Waals surface area contributed by atoms with E-state index in [-0.39, 0.29) is 5.54 Å². The standard InChI is InChI=1S/C16H30N2S/c1-7-13(8-2)18(6)12-15-10-9-14(19-15)11-17-16(3,4)5/h9-10,13,17H,7-8,11-12H2,1-6H3. The van der Waals surface area contributed by atoms with Crippen molar-refractivity contribution in [1.82, 2.24) is 10.2 Å². The van der Waals surface area contributed by atoms with Crippen LogP contribution in [-0.2, 0) is 13.1 Å². The topological polar surface area (TPSA) is 15.3 Å². The summed E-state index contributed by atoms with van der Waals surface area (Å²) in [5.41, 5.74) is 0.191. The van der Waals surface area contributed by atoms with Crippen molar-refractivity contribution >= 4 is 11.3 Å². The van der Waals surface area contributed by atoms with Crippen molar-refractivity contribution < 1.29 is 0 Å². The van der Waals surface area contributed by atoms with Gasteiger partial charge in [0.05, 0.1) is 0 Å². The maximum Gasteiger partial charge on any atom is 0.0327 e. The number of rotatable bonds is 7. The molecule has 1 N–H and O–H groups in total. The van der Waals surface area contributed by atoms with Gasteiger partial charge in [0.1, 0.15) is 0 Å². The summed E-state index contributed by atoms with van der Waals surface area (Å²) in [6.45, 7) is 13.2. The molecule has 3 heteroatoms.